The number of aryl methyl sites for hydroxylation is 1. The molecule has 1 saturated heterocycles. The van der Waals surface area contributed by atoms with Gasteiger partial charge in [-0.2, -0.15) is 4.98 Å². The van der Waals surface area contributed by atoms with E-state index in [9.17, 15) is 9.59 Å². The smallest absolute Gasteiger partial charge is 0.258 e. The minimum atomic E-state index is -0.419. The van der Waals surface area contributed by atoms with Crippen molar-refractivity contribution in [2.75, 3.05) is 16.8 Å². The lowest BCUT2D eigenvalue weighted by Crippen LogP contribution is -2.28. The van der Waals surface area contributed by atoms with Crippen molar-refractivity contribution < 1.29 is 14.1 Å². The number of benzene rings is 3. The van der Waals surface area contributed by atoms with Gasteiger partial charge in [0.1, 0.15) is 0 Å². The lowest BCUT2D eigenvalue weighted by Gasteiger charge is -2.16. The van der Waals surface area contributed by atoms with Crippen molar-refractivity contribution >= 4 is 23.2 Å². The number of carbonyl (C=O) groups is 2. The Hall–Kier alpha value is -4.26. The molecule has 1 atom stereocenters. The number of para-hydroxylation sites is 1. The average Bonchev–Trinajstić information content (AvgIpc) is 3.47. The largest absolute Gasteiger partial charge is 0.334 e. The van der Waals surface area contributed by atoms with E-state index in [1.165, 1.54) is 0 Å². The minimum absolute atomic E-state index is 0.0513. The zero-order chi connectivity index (χ0) is 22.8. The summed E-state index contributed by atoms with van der Waals surface area (Å²) in [6, 6.07) is 24.5. The highest BCUT2D eigenvalue weighted by Crippen LogP contribution is 2.28. The van der Waals surface area contributed by atoms with Crippen molar-refractivity contribution in [3.8, 4) is 22.8 Å². The molecule has 7 nitrogen and oxygen atoms in total. The van der Waals surface area contributed by atoms with Crippen LogP contribution in [0.25, 0.3) is 22.8 Å². The first kappa shape index (κ1) is 20.6. The number of nitrogens with one attached hydrogen (secondary N) is 1. The van der Waals surface area contributed by atoms with Crippen molar-refractivity contribution in [1.82, 2.24) is 10.1 Å². The third-order valence-corrected chi connectivity index (χ3v) is 5.64. The van der Waals surface area contributed by atoms with E-state index in [2.05, 4.69) is 15.5 Å². The number of hydrogen-bond acceptors (Lipinski definition) is 5. The third-order valence-electron chi connectivity index (χ3n) is 5.64. The van der Waals surface area contributed by atoms with Crippen LogP contribution in [0.3, 0.4) is 0 Å². The summed E-state index contributed by atoms with van der Waals surface area (Å²) in [5, 5.41) is 7.01. The number of rotatable bonds is 5. The van der Waals surface area contributed by atoms with Gasteiger partial charge < -0.3 is 14.7 Å². The summed E-state index contributed by atoms with van der Waals surface area (Å²) in [5.41, 5.74) is 4.11. The summed E-state index contributed by atoms with van der Waals surface area (Å²) in [4.78, 5) is 31.5. The van der Waals surface area contributed by atoms with Crippen molar-refractivity contribution in [2.24, 2.45) is 5.92 Å². The molecule has 0 saturated carbocycles. The van der Waals surface area contributed by atoms with Gasteiger partial charge in [0.2, 0.25) is 17.6 Å². The molecule has 0 radical (unpaired) electrons. The molecule has 5 rings (SSSR count). The van der Waals surface area contributed by atoms with Crippen LogP contribution in [0.1, 0.15) is 12.0 Å². The molecule has 1 fully saturated rings. The van der Waals surface area contributed by atoms with Gasteiger partial charge in [0, 0.05) is 35.5 Å². The Balaban J connectivity index is 1.29. The molecule has 1 aliphatic heterocycles. The Kier molecular flexibility index (Phi) is 5.44. The monoisotopic (exact) mass is 438 g/mol. The Morgan fingerprint density at radius 1 is 1.00 bits per heavy atom. The quantitative estimate of drug-likeness (QED) is 0.488. The predicted octanol–water partition coefficient (Wildman–Crippen LogP) is 4.70. The summed E-state index contributed by atoms with van der Waals surface area (Å²) in [5.74, 6) is 0.217. The van der Waals surface area contributed by atoms with Gasteiger partial charge in [-0.1, -0.05) is 53.2 Å². The maximum atomic E-state index is 12.9. The number of nitrogens with zero attached hydrogens (tertiary/aromatic N) is 3. The van der Waals surface area contributed by atoms with Gasteiger partial charge in [-0.3, -0.25) is 9.59 Å². The van der Waals surface area contributed by atoms with E-state index in [4.69, 9.17) is 4.52 Å². The summed E-state index contributed by atoms with van der Waals surface area (Å²) in [6.45, 7) is 2.37. The Bertz CT molecular complexity index is 1320. The Labute approximate surface area is 191 Å². The molecule has 1 unspecified atom stereocenters. The van der Waals surface area contributed by atoms with Crippen LogP contribution in [0.2, 0.25) is 0 Å². The molecule has 0 aliphatic carbocycles. The predicted molar refractivity (Wildman–Crippen MR) is 125 cm³/mol. The van der Waals surface area contributed by atoms with Crippen molar-refractivity contribution in [1.29, 1.82) is 0 Å². The van der Waals surface area contributed by atoms with E-state index in [1.54, 1.807) is 17.0 Å². The normalized spacial score (nSPS) is 15.6. The molecule has 2 heterocycles. The van der Waals surface area contributed by atoms with Crippen LogP contribution >= 0.6 is 0 Å². The molecule has 0 bridgehead atoms. The highest BCUT2D eigenvalue weighted by molar-refractivity contribution is 6.03. The molecule has 1 aromatic heterocycles. The first-order valence-electron chi connectivity index (χ1n) is 10.7. The van der Waals surface area contributed by atoms with Crippen LogP contribution in [-0.4, -0.2) is 28.5 Å². The van der Waals surface area contributed by atoms with Gasteiger partial charge in [0.05, 0.1) is 5.92 Å². The molecule has 3 aromatic carbocycles. The standard InChI is InChI=1S/C26H22N4O3/c1-17-7-5-8-18(13-17)24-28-26(33-29-24)19-9-6-10-21(14-19)27-25(32)20-15-23(31)30(16-20)22-11-3-2-4-12-22/h2-14,20H,15-16H2,1H3,(H,27,32). The molecule has 164 valence electrons. The maximum Gasteiger partial charge on any atom is 0.258 e. The second-order valence-corrected chi connectivity index (χ2v) is 8.10. The number of hydrogen-bond donors (Lipinski definition) is 1. The molecule has 1 aliphatic rings. The van der Waals surface area contributed by atoms with Crippen molar-refractivity contribution in [3.63, 3.8) is 0 Å². The Morgan fingerprint density at radius 3 is 2.61 bits per heavy atom. The highest BCUT2D eigenvalue weighted by Gasteiger charge is 2.35. The van der Waals surface area contributed by atoms with Crippen molar-refractivity contribution in [3.05, 3.63) is 84.4 Å². The average molecular weight is 438 g/mol. The fraction of sp³-hybridized carbons (Fsp3) is 0.154. The van der Waals surface area contributed by atoms with Gasteiger partial charge in [-0.25, -0.2) is 0 Å². The number of carbonyl (C=O) groups excluding carboxylic acids is 2. The van der Waals surface area contributed by atoms with E-state index in [0.717, 1.165) is 16.8 Å². The second-order valence-electron chi connectivity index (χ2n) is 8.10. The van der Waals surface area contributed by atoms with Crippen LogP contribution in [0.15, 0.2) is 83.4 Å². The van der Waals surface area contributed by atoms with Gasteiger partial charge in [0.15, 0.2) is 0 Å². The van der Waals surface area contributed by atoms with E-state index in [-0.39, 0.29) is 18.2 Å². The van der Waals surface area contributed by atoms with Crippen LogP contribution < -0.4 is 10.2 Å². The van der Waals surface area contributed by atoms with Gasteiger partial charge in [-0.05, 0) is 43.3 Å². The number of amides is 2. The molecule has 2 amide bonds. The molecule has 0 spiro atoms. The summed E-state index contributed by atoms with van der Waals surface area (Å²) < 4.78 is 5.46. The number of aromatic nitrogens is 2. The summed E-state index contributed by atoms with van der Waals surface area (Å²) in [6.07, 6.45) is 0.184. The van der Waals surface area contributed by atoms with Crippen LogP contribution in [0, 0.1) is 12.8 Å². The topological polar surface area (TPSA) is 88.3 Å². The first-order valence-corrected chi connectivity index (χ1v) is 10.7. The summed E-state index contributed by atoms with van der Waals surface area (Å²) in [7, 11) is 0. The molecule has 1 N–H and O–H groups in total. The van der Waals surface area contributed by atoms with Gasteiger partial charge in [0.25, 0.3) is 5.89 Å². The van der Waals surface area contributed by atoms with Crippen molar-refractivity contribution in [2.45, 2.75) is 13.3 Å². The van der Waals surface area contributed by atoms with Gasteiger partial charge in [-0.15, -0.1) is 0 Å². The van der Waals surface area contributed by atoms with Crippen LogP contribution in [-0.2, 0) is 9.59 Å². The Morgan fingerprint density at radius 2 is 1.79 bits per heavy atom. The van der Waals surface area contributed by atoms with Crippen LogP contribution in [0.5, 0.6) is 0 Å². The van der Waals surface area contributed by atoms with E-state index in [1.807, 2.05) is 73.7 Å². The van der Waals surface area contributed by atoms with Crippen LogP contribution in [0.4, 0.5) is 11.4 Å². The minimum Gasteiger partial charge on any atom is -0.334 e. The second kappa shape index (κ2) is 8.70. The zero-order valence-corrected chi connectivity index (χ0v) is 18.1. The molecular formula is C26H22N4O3. The number of anilines is 2. The molecule has 33 heavy (non-hydrogen) atoms. The third kappa shape index (κ3) is 4.39. The molecule has 4 aromatic rings. The van der Waals surface area contributed by atoms with E-state index < -0.39 is 5.92 Å². The molecule has 7 heteroatoms. The fourth-order valence-electron chi connectivity index (χ4n) is 3.96. The van der Waals surface area contributed by atoms with E-state index in [0.29, 0.717) is 29.5 Å². The lowest BCUT2D eigenvalue weighted by atomic mass is 10.1. The SMILES string of the molecule is Cc1cccc(-c2noc(-c3cccc(NC(=O)C4CC(=O)N(c5ccccc5)C4)c3)n2)c1. The highest BCUT2D eigenvalue weighted by atomic mass is 16.5. The zero-order valence-electron chi connectivity index (χ0n) is 18.1. The molecular weight excluding hydrogens is 416 g/mol. The lowest BCUT2D eigenvalue weighted by molar-refractivity contribution is -0.122. The summed E-state index contributed by atoms with van der Waals surface area (Å²) >= 11 is 0. The van der Waals surface area contributed by atoms with E-state index >= 15 is 0 Å². The van der Waals surface area contributed by atoms with Gasteiger partial charge >= 0.3 is 0 Å². The maximum absolute atomic E-state index is 12.9. The first-order chi connectivity index (χ1) is 16.1. The fourth-order valence-corrected chi connectivity index (χ4v) is 3.96.